The third kappa shape index (κ3) is 2.84. The number of rotatable bonds is 4. The van der Waals surface area contributed by atoms with E-state index in [-0.39, 0.29) is 5.69 Å². The van der Waals surface area contributed by atoms with Crippen LogP contribution in [0.1, 0.15) is 11.1 Å². The molecule has 0 bridgehead atoms. The summed E-state index contributed by atoms with van der Waals surface area (Å²) < 4.78 is 4.94. The van der Waals surface area contributed by atoms with E-state index >= 15 is 0 Å². The fourth-order valence-electron chi connectivity index (χ4n) is 1.57. The number of benzene rings is 1. The summed E-state index contributed by atoms with van der Waals surface area (Å²) >= 11 is 0. The molecule has 2 aromatic rings. The first kappa shape index (κ1) is 11.2. The Hall–Kier alpha value is -2.30. The number of nitro benzene ring substituents is 1. The number of hydrogen-bond acceptors (Lipinski definition) is 4. The third-order valence-electron chi connectivity index (χ3n) is 2.35. The molecule has 2 rings (SSSR count). The third-order valence-corrected chi connectivity index (χ3v) is 2.35. The predicted octanol–water partition coefficient (Wildman–Crippen LogP) is 3.11. The van der Waals surface area contributed by atoms with Crippen molar-refractivity contribution in [2.24, 2.45) is 0 Å². The lowest BCUT2D eigenvalue weighted by molar-refractivity contribution is -0.384. The van der Waals surface area contributed by atoms with Gasteiger partial charge >= 0.3 is 0 Å². The van der Waals surface area contributed by atoms with Crippen LogP contribution in [0.4, 0.5) is 11.4 Å². The van der Waals surface area contributed by atoms with Crippen LogP contribution >= 0.6 is 0 Å². The van der Waals surface area contributed by atoms with Gasteiger partial charge in [-0.25, -0.2) is 0 Å². The average molecular weight is 232 g/mol. The van der Waals surface area contributed by atoms with E-state index in [4.69, 9.17) is 4.42 Å². The molecule has 0 aliphatic carbocycles. The van der Waals surface area contributed by atoms with Crippen LogP contribution in [0.3, 0.4) is 0 Å². The quantitative estimate of drug-likeness (QED) is 0.649. The number of nitro groups is 1. The fourth-order valence-corrected chi connectivity index (χ4v) is 1.57. The molecule has 0 radical (unpaired) electrons. The van der Waals surface area contributed by atoms with Gasteiger partial charge in [0, 0.05) is 29.9 Å². The number of nitrogens with zero attached hydrogens (tertiary/aromatic N) is 1. The Morgan fingerprint density at radius 1 is 1.41 bits per heavy atom. The van der Waals surface area contributed by atoms with Crippen molar-refractivity contribution in [1.82, 2.24) is 0 Å². The van der Waals surface area contributed by atoms with Crippen LogP contribution in [0.5, 0.6) is 0 Å². The van der Waals surface area contributed by atoms with Crippen molar-refractivity contribution < 1.29 is 9.34 Å². The largest absolute Gasteiger partial charge is 0.472 e. The number of anilines is 1. The summed E-state index contributed by atoms with van der Waals surface area (Å²) in [6, 6.07) is 6.78. The van der Waals surface area contributed by atoms with Crippen LogP contribution in [-0.2, 0) is 6.54 Å². The molecule has 0 spiro atoms. The number of nitrogens with one attached hydrogen (secondary N) is 1. The van der Waals surface area contributed by atoms with E-state index < -0.39 is 4.92 Å². The Balaban J connectivity index is 2.13. The van der Waals surface area contributed by atoms with Crippen LogP contribution in [-0.4, -0.2) is 4.92 Å². The molecule has 1 heterocycles. The van der Waals surface area contributed by atoms with Gasteiger partial charge in [-0.05, 0) is 24.6 Å². The summed E-state index contributed by atoms with van der Waals surface area (Å²) in [6.07, 6.45) is 3.23. The second-order valence-corrected chi connectivity index (χ2v) is 3.80. The van der Waals surface area contributed by atoms with Crippen LogP contribution in [0.15, 0.2) is 41.2 Å². The van der Waals surface area contributed by atoms with Crippen molar-refractivity contribution in [1.29, 1.82) is 0 Å². The van der Waals surface area contributed by atoms with E-state index in [1.54, 1.807) is 18.6 Å². The van der Waals surface area contributed by atoms with Crippen LogP contribution in [0.25, 0.3) is 0 Å². The minimum Gasteiger partial charge on any atom is -0.472 e. The van der Waals surface area contributed by atoms with Gasteiger partial charge in [0.25, 0.3) is 5.69 Å². The summed E-state index contributed by atoms with van der Waals surface area (Å²) in [6.45, 7) is 2.41. The summed E-state index contributed by atoms with van der Waals surface area (Å²) in [7, 11) is 0. The molecule has 17 heavy (non-hydrogen) atoms. The molecule has 0 fully saturated rings. The molecule has 88 valence electrons. The highest BCUT2D eigenvalue weighted by molar-refractivity contribution is 5.53. The topological polar surface area (TPSA) is 68.3 Å². The van der Waals surface area contributed by atoms with Gasteiger partial charge in [-0.3, -0.25) is 10.1 Å². The van der Waals surface area contributed by atoms with Crippen molar-refractivity contribution in [3.05, 3.63) is 58.0 Å². The van der Waals surface area contributed by atoms with Crippen molar-refractivity contribution in [3.8, 4) is 0 Å². The maximum atomic E-state index is 10.7. The molecular weight excluding hydrogens is 220 g/mol. The van der Waals surface area contributed by atoms with Crippen molar-refractivity contribution in [2.45, 2.75) is 13.5 Å². The minimum absolute atomic E-state index is 0.0969. The van der Waals surface area contributed by atoms with E-state index in [1.807, 2.05) is 19.1 Å². The molecule has 0 saturated carbocycles. The van der Waals surface area contributed by atoms with E-state index in [1.165, 1.54) is 6.07 Å². The van der Waals surface area contributed by atoms with Gasteiger partial charge < -0.3 is 9.73 Å². The van der Waals surface area contributed by atoms with Crippen molar-refractivity contribution in [2.75, 3.05) is 5.32 Å². The molecule has 0 saturated heterocycles. The average Bonchev–Trinajstić information content (AvgIpc) is 2.78. The second-order valence-electron chi connectivity index (χ2n) is 3.80. The van der Waals surface area contributed by atoms with E-state index in [0.717, 1.165) is 16.8 Å². The van der Waals surface area contributed by atoms with Crippen molar-refractivity contribution >= 4 is 11.4 Å². The van der Waals surface area contributed by atoms with Gasteiger partial charge in [-0.2, -0.15) is 0 Å². The highest BCUT2D eigenvalue weighted by Gasteiger charge is 2.07. The molecule has 0 aliphatic heterocycles. The van der Waals surface area contributed by atoms with Gasteiger partial charge in [-0.1, -0.05) is 0 Å². The maximum Gasteiger partial charge on any atom is 0.271 e. The second kappa shape index (κ2) is 4.69. The number of non-ortho nitro benzene ring substituents is 1. The first-order valence-corrected chi connectivity index (χ1v) is 5.16. The molecule has 1 aromatic carbocycles. The Morgan fingerprint density at radius 3 is 2.88 bits per heavy atom. The number of hydrogen-bond donors (Lipinski definition) is 1. The van der Waals surface area contributed by atoms with Gasteiger partial charge in [-0.15, -0.1) is 0 Å². The molecule has 5 heteroatoms. The van der Waals surface area contributed by atoms with Crippen LogP contribution < -0.4 is 5.32 Å². The highest BCUT2D eigenvalue weighted by atomic mass is 16.6. The van der Waals surface area contributed by atoms with Crippen LogP contribution in [0.2, 0.25) is 0 Å². The lowest BCUT2D eigenvalue weighted by Gasteiger charge is -2.05. The maximum absolute atomic E-state index is 10.7. The molecule has 0 aliphatic rings. The zero-order chi connectivity index (χ0) is 12.3. The molecule has 0 unspecified atom stereocenters. The molecular formula is C12H12N2O3. The lowest BCUT2D eigenvalue weighted by Crippen LogP contribution is -1.99. The first-order valence-electron chi connectivity index (χ1n) is 5.16. The molecule has 1 N–H and O–H groups in total. The lowest BCUT2D eigenvalue weighted by atomic mass is 10.2. The van der Waals surface area contributed by atoms with Crippen molar-refractivity contribution in [3.63, 3.8) is 0 Å². The predicted molar refractivity (Wildman–Crippen MR) is 63.9 cm³/mol. The van der Waals surface area contributed by atoms with Gasteiger partial charge in [0.1, 0.15) is 0 Å². The number of aryl methyl sites for hydroxylation is 1. The summed E-state index contributed by atoms with van der Waals surface area (Å²) in [5.74, 6) is 0. The molecule has 5 nitrogen and oxygen atoms in total. The standard InChI is InChI=1S/C12H12N2O3/c1-9-4-11(6-12(5-9)14(15)16)13-7-10-2-3-17-8-10/h2-6,8,13H,7H2,1H3. The van der Waals surface area contributed by atoms with E-state index in [0.29, 0.717) is 6.54 Å². The normalized spacial score (nSPS) is 10.2. The summed E-state index contributed by atoms with van der Waals surface area (Å²) in [4.78, 5) is 10.3. The van der Waals surface area contributed by atoms with E-state index in [2.05, 4.69) is 5.32 Å². The molecule has 0 atom stereocenters. The fraction of sp³-hybridized carbons (Fsp3) is 0.167. The van der Waals surface area contributed by atoms with E-state index in [9.17, 15) is 10.1 Å². The Kier molecular flexibility index (Phi) is 3.09. The number of furan rings is 1. The van der Waals surface area contributed by atoms with Crippen LogP contribution in [0, 0.1) is 17.0 Å². The zero-order valence-corrected chi connectivity index (χ0v) is 9.34. The highest BCUT2D eigenvalue weighted by Crippen LogP contribution is 2.20. The smallest absolute Gasteiger partial charge is 0.271 e. The molecule has 0 amide bonds. The van der Waals surface area contributed by atoms with Gasteiger partial charge in [0.2, 0.25) is 0 Å². The monoisotopic (exact) mass is 232 g/mol. The summed E-state index contributed by atoms with van der Waals surface area (Å²) in [5.41, 5.74) is 2.68. The summed E-state index contributed by atoms with van der Waals surface area (Å²) in [5, 5.41) is 13.8. The van der Waals surface area contributed by atoms with Gasteiger partial charge in [0.05, 0.1) is 17.4 Å². The Morgan fingerprint density at radius 2 is 2.24 bits per heavy atom. The zero-order valence-electron chi connectivity index (χ0n) is 9.34. The Labute approximate surface area is 98.2 Å². The minimum atomic E-state index is -0.393. The molecule has 1 aromatic heterocycles. The van der Waals surface area contributed by atoms with Gasteiger partial charge in [0.15, 0.2) is 0 Å². The SMILES string of the molecule is Cc1cc(NCc2ccoc2)cc([N+](=O)[O-])c1. The Bertz CT molecular complexity index is 521. The first-order chi connectivity index (χ1) is 8.15.